The number of hydrogen-bond acceptors (Lipinski definition) is 1. The summed E-state index contributed by atoms with van der Waals surface area (Å²) in [6.07, 6.45) is 20.9. The van der Waals surface area contributed by atoms with Gasteiger partial charge in [-0.05, 0) is 50.5 Å². The lowest BCUT2D eigenvalue weighted by Crippen LogP contribution is -2.30. The van der Waals surface area contributed by atoms with E-state index in [2.05, 4.69) is 19.3 Å². The van der Waals surface area contributed by atoms with E-state index in [0.29, 0.717) is 0 Å². The topological polar surface area (TPSA) is 12.0 Å². The van der Waals surface area contributed by atoms with Crippen LogP contribution in [0.2, 0.25) is 0 Å². The second-order valence-corrected chi connectivity index (χ2v) is 7.97. The molecule has 0 spiro atoms. The van der Waals surface area contributed by atoms with E-state index >= 15 is 0 Å². The normalized spacial score (nSPS) is 34.0. The summed E-state index contributed by atoms with van der Waals surface area (Å²) in [6.45, 7) is 2.32. The molecule has 0 unspecified atom stereocenters. The van der Waals surface area contributed by atoms with E-state index in [0.717, 1.165) is 23.8 Å². The van der Waals surface area contributed by atoms with Crippen molar-refractivity contribution in [2.45, 2.75) is 103 Å². The van der Waals surface area contributed by atoms with Crippen molar-refractivity contribution in [2.24, 2.45) is 17.8 Å². The molecule has 21 heavy (non-hydrogen) atoms. The fourth-order valence-corrected chi connectivity index (χ4v) is 4.70. The Labute approximate surface area is 133 Å². The lowest BCUT2D eigenvalue weighted by molar-refractivity contribution is 0.219. The fraction of sp³-hybridized carbons (Fsp3) is 1.00. The second kappa shape index (κ2) is 9.87. The first-order chi connectivity index (χ1) is 10.3. The zero-order chi connectivity index (χ0) is 14.9. The summed E-state index contributed by atoms with van der Waals surface area (Å²) >= 11 is 0. The van der Waals surface area contributed by atoms with Crippen LogP contribution in [-0.2, 0) is 0 Å². The van der Waals surface area contributed by atoms with Crippen LogP contribution in [0.3, 0.4) is 0 Å². The van der Waals surface area contributed by atoms with E-state index in [-0.39, 0.29) is 0 Å². The van der Waals surface area contributed by atoms with Gasteiger partial charge in [0.2, 0.25) is 0 Å². The van der Waals surface area contributed by atoms with E-state index in [1.165, 1.54) is 64.2 Å². The molecule has 0 aromatic heterocycles. The fourth-order valence-electron chi connectivity index (χ4n) is 4.70. The molecule has 2 aliphatic carbocycles. The summed E-state index contributed by atoms with van der Waals surface area (Å²) in [5.74, 6) is 3.21. The first-order valence-corrected chi connectivity index (χ1v) is 9.99. The van der Waals surface area contributed by atoms with Crippen molar-refractivity contribution >= 4 is 0 Å². The Morgan fingerprint density at radius 3 is 1.62 bits per heavy atom. The van der Waals surface area contributed by atoms with Crippen LogP contribution in [0, 0.1) is 17.8 Å². The molecule has 124 valence electrons. The van der Waals surface area contributed by atoms with Crippen molar-refractivity contribution in [3.63, 3.8) is 0 Å². The molecule has 0 radical (unpaired) electrons. The van der Waals surface area contributed by atoms with Gasteiger partial charge in [-0.3, -0.25) is 0 Å². The van der Waals surface area contributed by atoms with Crippen molar-refractivity contribution in [2.75, 3.05) is 7.05 Å². The molecule has 0 saturated heterocycles. The lowest BCUT2D eigenvalue weighted by atomic mass is 9.75. The van der Waals surface area contributed by atoms with Crippen LogP contribution < -0.4 is 5.32 Å². The zero-order valence-electron chi connectivity index (χ0n) is 14.7. The largest absolute Gasteiger partial charge is 0.317 e. The SMILES string of the molecule is CCCCCC1CCC(CCC2CCC(NC)CC2)CC1. The van der Waals surface area contributed by atoms with Crippen molar-refractivity contribution in [3.8, 4) is 0 Å². The number of rotatable bonds is 8. The highest BCUT2D eigenvalue weighted by Crippen LogP contribution is 2.36. The summed E-state index contributed by atoms with van der Waals surface area (Å²) in [5, 5.41) is 3.46. The highest BCUT2D eigenvalue weighted by molar-refractivity contribution is 4.78. The Kier molecular flexibility index (Phi) is 8.14. The van der Waals surface area contributed by atoms with Gasteiger partial charge >= 0.3 is 0 Å². The molecule has 2 aliphatic rings. The highest BCUT2D eigenvalue weighted by atomic mass is 14.9. The molecular formula is C20H39N. The van der Waals surface area contributed by atoms with Crippen molar-refractivity contribution in [1.29, 1.82) is 0 Å². The van der Waals surface area contributed by atoms with Gasteiger partial charge in [-0.2, -0.15) is 0 Å². The van der Waals surface area contributed by atoms with Crippen LogP contribution in [0.5, 0.6) is 0 Å². The van der Waals surface area contributed by atoms with Gasteiger partial charge in [-0.25, -0.2) is 0 Å². The molecule has 0 aromatic carbocycles. The van der Waals surface area contributed by atoms with E-state index in [9.17, 15) is 0 Å². The minimum Gasteiger partial charge on any atom is -0.317 e. The van der Waals surface area contributed by atoms with Crippen LogP contribution in [-0.4, -0.2) is 13.1 Å². The molecule has 0 aliphatic heterocycles. The van der Waals surface area contributed by atoms with Gasteiger partial charge in [0.05, 0.1) is 0 Å². The summed E-state index contributed by atoms with van der Waals surface area (Å²) in [5.41, 5.74) is 0. The van der Waals surface area contributed by atoms with Gasteiger partial charge < -0.3 is 5.32 Å². The van der Waals surface area contributed by atoms with E-state index < -0.39 is 0 Å². The second-order valence-electron chi connectivity index (χ2n) is 7.97. The third kappa shape index (κ3) is 6.30. The van der Waals surface area contributed by atoms with Crippen LogP contribution in [0.25, 0.3) is 0 Å². The maximum Gasteiger partial charge on any atom is 0.00642 e. The summed E-state index contributed by atoms with van der Waals surface area (Å²) < 4.78 is 0. The van der Waals surface area contributed by atoms with Gasteiger partial charge in [0, 0.05) is 6.04 Å². The first-order valence-electron chi connectivity index (χ1n) is 9.99. The van der Waals surface area contributed by atoms with Crippen molar-refractivity contribution < 1.29 is 0 Å². The monoisotopic (exact) mass is 293 g/mol. The van der Waals surface area contributed by atoms with Crippen LogP contribution in [0.1, 0.15) is 96.8 Å². The number of nitrogens with one attached hydrogen (secondary N) is 1. The van der Waals surface area contributed by atoms with E-state index in [4.69, 9.17) is 0 Å². The van der Waals surface area contributed by atoms with Crippen LogP contribution >= 0.6 is 0 Å². The Morgan fingerprint density at radius 1 is 0.667 bits per heavy atom. The van der Waals surface area contributed by atoms with Crippen LogP contribution in [0.4, 0.5) is 0 Å². The van der Waals surface area contributed by atoms with Gasteiger partial charge in [0.1, 0.15) is 0 Å². The number of hydrogen-bond donors (Lipinski definition) is 1. The minimum atomic E-state index is 0.819. The Balaban J connectivity index is 1.53. The molecule has 2 rings (SSSR count). The van der Waals surface area contributed by atoms with Crippen molar-refractivity contribution in [1.82, 2.24) is 5.32 Å². The Hall–Kier alpha value is -0.0400. The molecule has 0 bridgehead atoms. The van der Waals surface area contributed by atoms with Crippen LogP contribution in [0.15, 0.2) is 0 Å². The third-order valence-corrected chi connectivity index (χ3v) is 6.42. The first kappa shape index (κ1) is 17.3. The Bertz CT molecular complexity index is 247. The van der Waals surface area contributed by atoms with Gasteiger partial charge in [-0.15, -0.1) is 0 Å². The summed E-state index contributed by atoms with van der Waals surface area (Å²) in [7, 11) is 2.13. The number of unbranched alkanes of at least 4 members (excludes halogenated alkanes) is 2. The molecule has 2 fully saturated rings. The third-order valence-electron chi connectivity index (χ3n) is 6.42. The lowest BCUT2D eigenvalue weighted by Gasteiger charge is -2.32. The molecule has 1 heteroatoms. The molecule has 2 saturated carbocycles. The molecular weight excluding hydrogens is 254 g/mol. The Morgan fingerprint density at radius 2 is 1.14 bits per heavy atom. The molecule has 0 amide bonds. The molecule has 0 atom stereocenters. The molecule has 1 nitrogen and oxygen atoms in total. The van der Waals surface area contributed by atoms with E-state index in [1.54, 1.807) is 25.7 Å². The quantitative estimate of drug-likeness (QED) is 0.547. The summed E-state index contributed by atoms with van der Waals surface area (Å²) in [6, 6.07) is 0.819. The molecule has 0 aromatic rings. The maximum atomic E-state index is 3.46. The standard InChI is InChI=1S/C20H39N/c1-3-4-5-6-17-7-9-18(10-8-17)11-12-19-13-15-20(21-2)16-14-19/h17-21H,3-16H2,1-2H3. The van der Waals surface area contributed by atoms with Crippen molar-refractivity contribution in [3.05, 3.63) is 0 Å². The smallest absolute Gasteiger partial charge is 0.00642 e. The summed E-state index contributed by atoms with van der Waals surface area (Å²) in [4.78, 5) is 0. The minimum absolute atomic E-state index is 0.819. The average molecular weight is 294 g/mol. The average Bonchev–Trinajstić information content (AvgIpc) is 2.55. The highest BCUT2D eigenvalue weighted by Gasteiger charge is 2.24. The predicted octanol–water partition coefficient (Wildman–Crippen LogP) is 5.93. The molecule has 1 N–H and O–H groups in total. The van der Waals surface area contributed by atoms with Gasteiger partial charge in [-0.1, -0.05) is 71.1 Å². The predicted molar refractivity (Wildman–Crippen MR) is 93.6 cm³/mol. The zero-order valence-corrected chi connectivity index (χ0v) is 14.7. The van der Waals surface area contributed by atoms with Gasteiger partial charge in [0.25, 0.3) is 0 Å². The van der Waals surface area contributed by atoms with Gasteiger partial charge in [0.15, 0.2) is 0 Å². The maximum absolute atomic E-state index is 3.46. The molecule has 0 heterocycles. The van der Waals surface area contributed by atoms with E-state index in [1.807, 2.05) is 0 Å².